The van der Waals surface area contributed by atoms with E-state index in [-0.39, 0.29) is 5.75 Å². The first-order valence-corrected chi connectivity index (χ1v) is 6.58. The molecule has 0 bridgehead atoms. The lowest BCUT2D eigenvalue weighted by Crippen LogP contribution is -2.16. The van der Waals surface area contributed by atoms with Crippen LogP contribution in [0.4, 0.5) is 0 Å². The molecule has 1 aromatic carbocycles. The van der Waals surface area contributed by atoms with Gasteiger partial charge < -0.3 is 10.4 Å². The van der Waals surface area contributed by atoms with Crippen molar-refractivity contribution in [3.05, 3.63) is 41.7 Å². The monoisotopic (exact) mass is 255 g/mol. The highest BCUT2D eigenvalue weighted by Crippen LogP contribution is 2.21. The van der Waals surface area contributed by atoms with Crippen LogP contribution in [0.25, 0.3) is 11.4 Å². The fraction of sp³-hybridized carbons (Fsp3) is 0.333. The molecule has 1 fully saturated rings. The van der Waals surface area contributed by atoms with E-state index in [1.807, 2.05) is 25.1 Å². The fourth-order valence-corrected chi connectivity index (χ4v) is 2.00. The number of aromatic nitrogens is 2. The number of aryl methyl sites for hydroxylation is 1. The van der Waals surface area contributed by atoms with E-state index in [1.165, 1.54) is 12.8 Å². The van der Waals surface area contributed by atoms with Gasteiger partial charge in [0, 0.05) is 23.8 Å². The quantitative estimate of drug-likeness (QED) is 0.881. The van der Waals surface area contributed by atoms with E-state index in [4.69, 9.17) is 0 Å². The van der Waals surface area contributed by atoms with Crippen molar-refractivity contribution in [2.45, 2.75) is 32.4 Å². The fourth-order valence-electron chi connectivity index (χ4n) is 2.00. The molecule has 1 heterocycles. The van der Waals surface area contributed by atoms with Crippen LogP contribution in [0.2, 0.25) is 0 Å². The Bertz CT molecular complexity index is 576. The van der Waals surface area contributed by atoms with Crippen molar-refractivity contribution < 1.29 is 5.11 Å². The molecule has 0 amide bonds. The van der Waals surface area contributed by atoms with Crippen LogP contribution in [-0.2, 0) is 6.54 Å². The third kappa shape index (κ3) is 3.09. The second kappa shape index (κ2) is 4.97. The highest BCUT2D eigenvalue weighted by atomic mass is 16.3. The number of hydrogen-bond donors (Lipinski definition) is 2. The van der Waals surface area contributed by atoms with E-state index in [2.05, 4.69) is 15.3 Å². The van der Waals surface area contributed by atoms with Crippen molar-refractivity contribution in [1.82, 2.24) is 15.3 Å². The van der Waals surface area contributed by atoms with Crippen LogP contribution in [0, 0.1) is 6.92 Å². The third-order valence-electron chi connectivity index (χ3n) is 3.18. The van der Waals surface area contributed by atoms with Crippen LogP contribution in [-0.4, -0.2) is 21.1 Å². The molecule has 2 aromatic rings. The summed E-state index contributed by atoms with van der Waals surface area (Å²) in [6, 6.07) is 9.67. The highest BCUT2D eigenvalue weighted by molar-refractivity contribution is 5.56. The summed E-state index contributed by atoms with van der Waals surface area (Å²) >= 11 is 0. The van der Waals surface area contributed by atoms with E-state index < -0.39 is 0 Å². The number of nitrogens with one attached hydrogen (secondary N) is 1. The van der Waals surface area contributed by atoms with Crippen molar-refractivity contribution in [1.29, 1.82) is 0 Å². The zero-order valence-electron chi connectivity index (χ0n) is 10.9. The molecule has 98 valence electrons. The normalized spacial score (nSPS) is 14.6. The van der Waals surface area contributed by atoms with Gasteiger partial charge in [0.25, 0.3) is 0 Å². The number of rotatable bonds is 4. The second-order valence-corrected chi connectivity index (χ2v) is 5.03. The van der Waals surface area contributed by atoms with Crippen molar-refractivity contribution in [2.24, 2.45) is 0 Å². The van der Waals surface area contributed by atoms with Crippen LogP contribution in [0.5, 0.6) is 5.75 Å². The molecule has 0 spiro atoms. The summed E-state index contributed by atoms with van der Waals surface area (Å²) in [5.74, 6) is 0.972. The van der Waals surface area contributed by atoms with Gasteiger partial charge in [-0.1, -0.05) is 0 Å². The van der Waals surface area contributed by atoms with E-state index in [9.17, 15) is 5.11 Å². The third-order valence-corrected chi connectivity index (χ3v) is 3.18. The van der Waals surface area contributed by atoms with E-state index >= 15 is 0 Å². The molecule has 0 saturated heterocycles. The van der Waals surface area contributed by atoms with Gasteiger partial charge in [0.05, 0.1) is 5.69 Å². The van der Waals surface area contributed by atoms with E-state index in [1.54, 1.807) is 12.1 Å². The number of phenols is 1. The maximum Gasteiger partial charge on any atom is 0.159 e. The molecule has 0 unspecified atom stereocenters. The van der Waals surface area contributed by atoms with Crippen LogP contribution in [0.15, 0.2) is 30.3 Å². The minimum atomic E-state index is 0.257. The van der Waals surface area contributed by atoms with Gasteiger partial charge in [-0.05, 0) is 50.1 Å². The summed E-state index contributed by atoms with van der Waals surface area (Å²) < 4.78 is 0. The minimum Gasteiger partial charge on any atom is -0.508 e. The van der Waals surface area contributed by atoms with Crippen molar-refractivity contribution in [3.8, 4) is 17.1 Å². The molecule has 19 heavy (non-hydrogen) atoms. The molecule has 2 N–H and O–H groups in total. The maximum absolute atomic E-state index is 9.31. The summed E-state index contributed by atoms with van der Waals surface area (Å²) in [6.07, 6.45) is 2.55. The molecule has 0 atom stereocenters. The Hall–Kier alpha value is -1.94. The standard InChI is InChI=1S/C15H17N3O/c1-10-8-13(9-16-12-4-5-12)18-15(17-10)11-2-6-14(19)7-3-11/h2-3,6-8,12,16,19H,4-5,9H2,1H3. The lowest BCUT2D eigenvalue weighted by molar-refractivity contribution is 0.475. The minimum absolute atomic E-state index is 0.257. The van der Waals surface area contributed by atoms with Crippen LogP contribution < -0.4 is 5.32 Å². The van der Waals surface area contributed by atoms with Gasteiger partial charge in [-0.15, -0.1) is 0 Å². The van der Waals surface area contributed by atoms with Gasteiger partial charge in [-0.25, -0.2) is 9.97 Å². The first-order valence-electron chi connectivity index (χ1n) is 6.58. The maximum atomic E-state index is 9.31. The lowest BCUT2D eigenvalue weighted by atomic mass is 10.2. The molecule has 1 aromatic heterocycles. The van der Waals surface area contributed by atoms with Crippen molar-refractivity contribution in [2.75, 3.05) is 0 Å². The number of nitrogens with zero attached hydrogens (tertiary/aromatic N) is 2. The average Bonchev–Trinajstić information content (AvgIpc) is 3.20. The summed E-state index contributed by atoms with van der Waals surface area (Å²) in [7, 11) is 0. The second-order valence-electron chi connectivity index (χ2n) is 5.03. The van der Waals surface area contributed by atoms with E-state index in [0.29, 0.717) is 11.9 Å². The van der Waals surface area contributed by atoms with Crippen LogP contribution in [0.3, 0.4) is 0 Å². The SMILES string of the molecule is Cc1cc(CNC2CC2)nc(-c2ccc(O)cc2)n1. The smallest absolute Gasteiger partial charge is 0.159 e. The Labute approximate surface area is 112 Å². The number of benzene rings is 1. The highest BCUT2D eigenvalue weighted by Gasteiger charge is 2.20. The number of phenolic OH excluding ortho intramolecular Hbond substituents is 1. The Kier molecular flexibility index (Phi) is 3.17. The van der Waals surface area contributed by atoms with Gasteiger partial charge in [0.15, 0.2) is 5.82 Å². The Morgan fingerprint density at radius 3 is 2.63 bits per heavy atom. The van der Waals surface area contributed by atoms with Crippen molar-refractivity contribution >= 4 is 0 Å². The first kappa shape index (κ1) is 12.1. The Morgan fingerprint density at radius 2 is 1.95 bits per heavy atom. The molecule has 1 aliphatic carbocycles. The van der Waals surface area contributed by atoms with Crippen LogP contribution >= 0.6 is 0 Å². The predicted molar refractivity (Wildman–Crippen MR) is 73.7 cm³/mol. The van der Waals surface area contributed by atoms with Crippen molar-refractivity contribution in [3.63, 3.8) is 0 Å². The summed E-state index contributed by atoms with van der Waals surface area (Å²) in [5, 5.41) is 12.8. The van der Waals surface area contributed by atoms with Gasteiger partial charge >= 0.3 is 0 Å². The molecule has 0 radical (unpaired) electrons. The molecule has 1 aliphatic rings. The largest absolute Gasteiger partial charge is 0.508 e. The number of hydrogen-bond acceptors (Lipinski definition) is 4. The lowest BCUT2D eigenvalue weighted by Gasteiger charge is -2.07. The predicted octanol–water partition coefficient (Wildman–Crippen LogP) is 2.41. The molecule has 0 aliphatic heterocycles. The summed E-state index contributed by atoms with van der Waals surface area (Å²) in [4.78, 5) is 9.03. The van der Waals surface area contributed by atoms with E-state index in [0.717, 1.165) is 23.5 Å². The zero-order valence-corrected chi connectivity index (χ0v) is 10.9. The molecule has 4 nitrogen and oxygen atoms in total. The molecule has 1 saturated carbocycles. The zero-order chi connectivity index (χ0) is 13.2. The van der Waals surface area contributed by atoms with Gasteiger partial charge in [0.2, 0.25) is 0 Å². The average molecular weight is 255 g/mol. The number of aromatic hydroxyl groups is 1. The first-order chi connectivity index (χ1) is 9.20. The summed E-state index contributed by atoms with van der Waals surface area (Å²) in [6.45, 7) is 2.77. The molecule has 3 rings (SSSR count). The Balaban J connectivity index is 1.85. The van der Waals surface area contributed by atoms with Gasteiger partial charge in [-0.3, -0.25) is 0 Å². The van der Waals surface area contributed by atoms with Gasteiger partial charge in [-0.2, -0.15) is 0 Å². The van der Waals surface area contributed by atoms with Crippen LogP contribution in [0.1, 0.15) is 24.2 Å². The topological polar surface area (TPSA) is 58.0 Å². The van der Waals surface area contributed by atoms with Gasteiger partial charge in [0.1, 0.15) is 5.75 Å². The summed E-state index contributed by atoms with van der Waals surface area (Å²) in [5.41, 5.74) is 2.90. The molecular formula is C15H17N3O. The Morgan fingerprint density at radius 1 is 1.21 bits per heavy atom. The molecule has 4 heteroatoms. The molecular weight excluding hydrogens is 238 g/mol.